The number of hydrogen-bond acceptors (Lipinski definition) is 8. The summed E-state index contributed by atoms with van der Waals surface area (Å²) in [7, 11) is -2.56. The monoisotopic (exact) mass is 630 g/mol. The lowest BCUT2D eigenvalue weighted by Crippen LogP contribution is -2.56. The predicted octanol–water partition coefficient (Wildman–Crippen LogP) is 5.13. The average molecular weight is 631 g/mol. The lowest BCUT2D eigenvalue weighted by atomic mass is 10.0. The molecule has 0 radical (unpaired) electrons. The summed E-state index contributed by atoms with van der Waals surface area (Å²) in [5, 5.41) is 1.20. The number of pyridine rings is 1. The van der Waals surface area contributed by atoms with E-state index in [0.717, 1.165) is 11.3 Å². The van der Waals surface area contributed by atoms with E-state index in [9.17, 15) is 18.0 Å². The van der Waals surface area contributed by atoms with Crippen molar-refractivity contribution in [1.82, 2.24) is 14.8 Å². The van der Waals surface area contributed by atoms with Gasteiger partial charge in [-0.3, -0.25) is 14.7 Å². The van der Waals surface area contributed by atoms with Crippen molar-refractivity contribution in [3.63, 3.8) is 0 Å². The van der Waals surface area contributed by atoms with Crippen LogP contribution in [0.2, 0.25) is 0 Å². The molecule has 2 heterocycles. The molecule has 45 heavy (non-hydrogen) atoms. The number of hydrogen-bond donors (Lipinski definition) is 0. The summed E-state index contributed by atoms with van der Waals surface area (Å²) in [6.07, 6.45) is 2.74. The van der Waals surface area contributed by atoms with E-state index in [0.29, 0.717) is 37.0 Å². The number of rotatable bonds is 8. The van der Waals surface area contributed by atoms with Gasteiger partial charge in [-0.1, -0.05) is 42.5 Å². The minimum Gasteiger partial charge on any atom is -0.444 e. The first-order valence-corrected chi connectivity index (χ1v) is 16.2. The largest absolute Gasteiger partial charge is 0.444 e. The molecule has 1 aliphatic heterocycles. The van der Waals surface area contributed by atoms with Crippen molar-refractivity contribution >= 4 is 38.6 Å². The van der Waals surface area contributed by atoms with Crippen LogP contribution in [0.5, 0.6) is 5.75 Å². The number of carbonyl (C=O) groups is 2. The van der Waals surface area contributed by atoms with Crippen LogP contribution in [-0.2, 0) is 26.1 Å². The van der Waals surface area contributed by atoms with Gasteiger partial charge in [0.15, 0.2) is 0 Å². The van der Waals surface area contributed by atoms with Gasteiger partial charge in [-0.25, -0.2) is 4.79 Å². The van der Waals surface area contributed by atoms with Gasteiger partial charge in [-0.05, 0) is 62.7 Å². The van der Waals surface area contributed by atoms with E-state index < -0.39 is 27.9 Å². The number of benzene rings is 3. The number of fused-ring (bicyclic) bond motifs is 1. The molecule has 0 unspecified atom stereocenters. The molecule has 1 aliphatic rings. The highest BCUT2D eigenvalue weighted by Crippen LogP contribution is 2.26. The molecule has 11 heteroatoms. The number of piperazine rings is 1. The maximum absolute atomic E-state index is 13.9. The lowest BCUT2D eigenvalue weighted by Gasteiger charge is -2.39. The highest BCUT2D eigenvalue weighted by molar-refractivity contribution is 7.87. The zero-order valence-corrected chi connectivity index (χ0v) is 26.7. The van der Waals surface area contributed by atoms with Crippen LogP contribution in [-0.4, -0.2) is 80.1 Å². The Kier molecular flexibility index (Phi) is 9.29. The summed E-state index contributed by atoms with van der Waals surface area (Å²) in [6.45, 7) is 7.71. The number of carbonyl (C=O) groups excluding carboxylic acids is 2. The maximum atomic E-state index is 13.9. The molecule has 4 aromatic rings. The average Bonchev–Trinajstić information content (AvgIpc) is 3.03. The molecule has 1 aromatic heterocycles. The molecule has 10 nitrogen and oxygen atoms in total. The zero-order valence-electron chi connectivity index (χ0n) is 25.9. The third-order valence-electron chi connectivity index (χ3n) is 7.62. The third kappa shape index (κ3) is 7.72. The van der Waals surface area contributed by atoms with E-state index in [4.69, 9.17) is 8.92 Å². The van der Waals surface area contributed by atoms with Crippen molar-refractivity contribution in [2.24, 2.45) is 0 Å². The molecule has 236 valence electrons. The van der Waals surface area contributed by atoms with E-state index in [-0.39, 0.29) is 23.0 Å². The van der Waals surface area contributed by atoms with Crippen LogP contribution in [0.4, 0.5) is 10.5 Å². The van der Waals surface area contributed by atoms with Gasteiger partial charge in [0.2, 0.25) is 5.91 Å². The van der Waals surface area contributed by atoms with Gasteiger partial charge in [0, 0.05) is 68.5 Å². The predicted molar refractivity (Wildman–Crippen MR) is 173 cm³/mol. The van der Waals surface area contributed by atoms with Crippen LogP contribution in [0.3, 0.4) is 0 Å². The van der Waals surface area contributed by atoms with Crippen LogP contribution < -0.4 is 9.08 Å². The standard InChI is InChI=1S/C34H38N4O6S/c1-34(2,3)43-33(40)36(4)30(32(39)38-21-19-37(20-22-38)27-10-6-5-7-11-27)23-25-13-15-28(16-14-25)44-45(41,42)31-12-8-9-26-24-35-18-17-29(26)31/h5-18,24,30H,19-23H2,1-4H3/t30-/m0/s1. The quantitative estimate of drug-likeness (QED) is 0.247. The molecule has 0 saturated carbocycles. The Morgan fingerprint density at radius 1 is 0.911 bits per heavy atom. The smallest absolute Gasteiger partial charge is 0.410 e. The molecule has 0 aliphatic carbocycles. The van der Waals surface area contributed by atoms with Crippen molar-refractivity contribution in [2.75, 3.05) is 38.1 Å². The summed E-state index contributed by atoms with van der Waals surface area (Å²) in [5.41, 5.74) is 1.10. The molecule has 2 amide bonds. The Morgan fingerprint density at radius 3 is 2.27 bits per heavy atom. The van der Waals surface area contributed by atoms with Gasteiger partial charge >= 0.3 is 16.2 Å². The number of amides is 2. The fourth-order valence-electron chi connectivity index (χ4n) is 5.27. The highest BCUT2D eigenvalue weighted by atomic mass is 32.2. The summed E-state index contributed by atoms with van der Waals surface area (Å²) >= 11 is 0. The Bertz CT molecular complexity index is 1740. The second-order valence-corrected chi connectivity index (χ2v) is 13.5. The second kappa shape index (κ2) is 13.2. The Balaban J connectivity index is 1.32. The third-order valence-corrected chi connectivity index (χ3v) is 8.92. The molecule has 3 aromatic carbocycles. The molecular weight excluding hydrogens is 592 g/mol. The van der Waals surface area contributed by atoms with Crippen molar-refractivity contribution < 1.29 is 26.9 Å². The van der Waals surface area contributed by atoms with E-state index in [2.05, 4.69) is 22.0 Å². The van der Waals surface area contributed by atoms with Crippen LogP contribution in [0.25, 0.3) is 10.8 Å². The number of likely N-dealkylation sites (N-methyl/N-ethyl adjacent to an activating group) is 1. The van der Waals surface area contributed by atoms with Gasteiger partial charge in [0.1, 0.15) is 22.3 Å². The zero-order chi connectivity index (χ0) is 32.2. The van der Waals surface area contributed by atoms with Crippen molar-refractivity contribution in [2.45, 2.75) is 43.7 Å². The summed E-state index contributed by atoms with van der Waals surface area (Å²) < 4.78 is 37.4. The van der Waals surface area contributed by atoms with Gasteiger partial charge < -0.3 is 18.7 Å². The number of para-hydroxylation sites is 1. The Morgan fingerprint density at radius 2 is 1.60 bits per heavy atom. The maximum Gasteiger partial charge on any atom is 0.410 e. The number of nitrogens with zero attached hydrogens (tertiary/aromatic N) is 4. The van der Waals surface area contributed by atoms with Crippen molar-refractivity contribution in [3.8, 4) is 5.75 Å². The van der Waals surface area contributed by atoms with Crippen molar-refractivity contribution in [1.29, 1.82) is 0 Å². The molecule has 1 atom stereocenters. The number of anilines is 1. The molecule has 1 saturated heterocycles. The fraction of sp³-hybridized carbons (Fsp3) is 0.324. The minimum atomic E-state index is -4.13. The second-order valence-electron chi connectivity index (χ2n) is 12.0. The van der Waals surface area contributed by atoms with Crippen LogP contribution in [0.15, 0.2) is 96.2 Å². The number of aromatic nitrogens is 1. The minimum absolute atomic E-state index is 0.0449. The van der Waals surface area contributed by atoms with E-state index >= 15 is 0 Å². The summed E-state index contributed by atoms with van der Waals surface area (Å²) in [5.74, 6) is -0.0466. The van der Waals surface area contributed by atoms with Crippen LogP contribution in [0.1, 0.15) is 26.3 Å². The van der Waals surface area contributed by atoms with E-state index in [1.165, 1.54) is 17.2 Å². The van der Waals surface area contributed by atoms with E-state index in [1.807, 2.05) is 18.2 Å². The molecule has 0 N–H and O–H groups in total. The fourth-order valence-corrected chi connectivity index (χ4v) is 6.43. The van der Waals surface area contributed by atoms with Gasteiger partial charge in [0.25, 0.3) is 0 Å². The molecular formula is C34H38N4O6S. The first kappa shape index (κ1) is 31.8. The summed E-state index contributed by atoms with van der Waals surface area (Å²) in [4.78, 5) is 36.5. The number of ether oxygens (including phenoxy) is 1. The molecule has 5 rings (SSSR count). The normalized spacial score (nSPS) is 14.6. The van der Waals surface area contributed by atoms with Crippen molar-refractivity contribution in [3.05, 3.63) is 96.8 Å². The van der Waals surface area contributed by atoms with Crippen LogP contribution >= 0.6 is 0 Å². The van der Waals surface area contributed by atoms with Gasteiger partial charge in [0.05, 0.1) is 0 Å². The Hall–Kier alpha value is -4.64. The Labute approximate surface area is 264 Å². The SMILES string of the molecule is CN(C(=O)OC(C)(C)C)[C@@H](Cc1ccc(OS(=O)(=O)c2cccc3cnccc23)cc1)C(=O)N1CCN(c2ccccc2)CC1. The summed E-state index contributed by atoms with van der Waals surface area (Å²) in [6, 6.07) is 22.3. The van der Waals surface area contributed by atoms with Gasteiger partial charge in [-0.2, -0.15) is 8.42 Å². The first-order chi connectivity index (χ1) is 21.4. The van der Waals surface area contributed by atoms with Crippen LogP contribution in [0, 0.1) is 0 Å². The highest BCUT2D eigenvalue weighted by Gasteiger charge is 2.34. The topological polar surface area (TPSA) is 109 Å². The lowest BCUT2D eigenvalue weighted by molar-refractivity contribution is -0.136. The molecule has 0 spiro atoms. The van der Waals surface area contributed by atoms with Gasteiger partial charge in [-0.15, -0.1) is 0 Å². The molecule has 0 bridgehead atoms. The van der Waals surface area contributed by atoms with E-state index in [1.54, 1.807) is 81.4 Å². The first-order valence-electron chi connectivity index (χ1n) is 14.8. The molecule has 1 fully saturated rings.